The van der Waals surface area contributed by atoms with Crippen LogP contribution in [0.25, 0.3) is 0 Å². The molecule has 0 bridgehead atoms. The molecule has 2 nitrogen and oxygen atoms in total. The molecule has 5 heteroatoms. The highest BCUT2D eigenvalue weighted by molar-refractivity contribution is 4.81. The number of nitrogens with zero attached hydrogens (tertiary/aromatic N) is 1. The highest BCUT2D eigenvalue weighted by atomic mass is 19.4. The van der Waals surface area contributed by atoms with Crippen molar-refractivity contribution < 1.29 is 13.2 Å². The third-order valence-corrected chi connectivity index (χ3v) is 2.96. The van der Waals surface area contributed by atoms with E-state index in [-0.39, 0.29) is 12.1 Å². The molecule has 17 heavy (non-hydrogen) atoms. The highest BCUT2D eigenvalue weighted by Gasteiger charge is 2.33. The fourth-order valence-electron chi connectivity index (χ4n) is 2.12. The second-order valence-electron chi connectivity index (χ2n) is 4.40. The average Bonchev–Trinajstić information content (AvgIpc) is 2.22. The van der Waals surface area contributed by atoms with Gasteiger partial charge in [-0.1, -0.05) is 20.8 Å². The molecule has 0 spiro atoms. The summed E-state index contributed by atoms with van der Waals surface area (Å²) in [5.41, 5.74) is 0. The van der Waals surface area contributed by atoms with Crippen LogP contribution in [0.5, 0.6) is 0 Å². The summed E-state index contributed by atoms with van der Waals surface area (Å²) in [5.74, 6) is 0. The zero-order valence-electron chi connectivity index (χ0n) is 11.3. The van der Waals surface area contributed by atoms with Gasteiger partial charge in [0.1, 0.15) is 0 Å². The fraction of sp³-hybridized carbons (Fsp3) is 1.00. The van der Waals surface area contributed by atoms with E-state index in [1.165, 1.54) is 4.90 Å². The van der Waals surface area contributed by atoms with Gasteiger partial charge in [-0.05, 0) is 32.9 Å². The number of likely N-dealkylation sites (N-methyl/N-ethyl adjacent to an activating group) is 1. The first kappa shape index (κ1) is 16.7. The molecule has 1 N–H and O–H groups in total. The highest BCUT2D eigenvalue weighted by Crippen LogP contribution is 2.19. The van der Waals surface area contributed by atoms with Crippen LogP contribution in [0.4, 0.5) is 13.2 Å². The van der Waals surface area contributed by atoms with Gasteiger partial charge in [-0.25, -0.2) is 0 Å². The molecule has 0 aliphatic carbocycles. The smallest absolute Gasteiger partial charge is 0.313 e. The Bertz CT molecular complexity index is 195. The minimum atomic E-state index is -4.12. The van der Waals surface area contributed by atoms with E-state index >= 15 is 0 Å². The van der Waals surface area contributed by atoms with E-state index in [1.54, 1.807) is 0 Å². The molecule has 0 rings (SSSR count). The van der Waals surface area contributed by atoms with E-state index in [0.717, 1.165) is 19.4 Å². The molecule has 2 unspecified atom stereocenters. The van der Waals surface area contributed by atoms with E-state index < -0.39 is 12.7 Å². The SMILES string of the molecule is CCCN(CC(F)(F)F)C(C)C(CC)NCC. The van der Waals surface area contributed by atoms with Crippen LogP contribution in [0.3, 0.4) is 0 Å². The van der Waals surface area contributed by atoms with Crippen LogP contribution in [0.15, 0.2) is 0 Å². The van der Waals surface area contributed by atoms with Crippen molar-refractivity contribution in [3.8, 4) is 0 Å². The molecule has 0 radical (unpaired) electrons. The summed E-state index contributed by atoms with van der Waals surface area (Å²) in [6, 6.07) is 0.0235. The normalized spacial score (nSPS) is 16.2. The molecular formula is C12H25F3N2. The summed E-state index contributed by atoms with van der Waals surface area (Å²) < 4.78 is 37.4. The van der Waals surface area contributed by atoms with Crippen molar-refractivity contribution in [1.29, 1.82) is 0 Å². The summed E-state index contributed by atoms with van der Waals surface area (Å²) >= 11 is 0. The van der Waals surface area contributed by atoms with E-state index in [0.29, 0.717) is 6.54 Å². The minimum absolute atomic E-state index is 0.0958. The molecule has 0 aromatic carbocycles. The maximum absolute atomic E-state index is 12.5. The van der Waals surface area contributed by atoms with Crippen LogP contribution in [-0.4, -0.2) is 42.8 Å². The second-order valence-corrected chi connectivity index (χ2v) is 4.40. The Morgan fingerprint density at radius 2 is 1.76 bits per heavy atom. The Morgan fingerprint density at radius 3 is 2.12 bits per heavy atom. The van der Waals surface area contributed by atoms with Crippen LogP contribution in [0.2, 0.25) is 0 Å². The number of halogens is 3. The number of rotatable bonds is 8. The summed E-state index contributed by atoms with van der Waals surface area (Å²) in [5, 5.41) is 3.25. The van der Waals surface area contributed by atoms with Crippen LogP contribution in [-0.2, 0) is 0 Å². The quantitative estimate of drug-likeness (QED) is 0.716. The van der Waals surface area contributed by atoms with Crippen LogP contribution >= 0.6 is 0 Å². The number of hydrogen-bond donors (Lipinski definition) is 1. The van der Waals surface area contributed by atoms with Crippen molar-refractivity contribution in [3.05, 3.63) is 0 Å². The fourth-order valence-corrected chi connectivity index (χ4v) is 2.12. The topological polar surface area (TPSA) is 15.3 Å². The van der Waals surface area contributed by atoms with E-state index in [1.807, 2.05) is 27.7 Å². The Labute approximate surface area is 103 Å². The third-order valence-electron chi connectivity index (χ3n) is 2.96. The van der Waals surface area contributed by atoms with E-state index in [9.17, 15) is 13.2 Å². The minimum Gasteiger partial charge on any atom is -0.313 e. The predicted molar refractivity (Wildman–Crippen MR) is 65.1 cm³/mol. The van der Waals surface area contributed by atoms with Gasteiger partial charge in [-0.2, -0.15) is 13.2 Å². The largest absolute Gasteiger partial charge is 0.401 e. The van der Waals surface area contributed by atoms with E-state index in [2.05, 4.69) is 5.32 Å². The Balaban J connectivity index is 4.55. The molecular weight excluding hydrogens is 229 g/mol. The first-order chi connectivity index (χ1) is 7.85. The molecule has 0 aromatic rings. The van der Waals surface area contributed by atoms with Crippen LogP contribution in [0.1, 0.15) is 40.5 Å². The van der Waals surface area contributed by atoms with Crippen molar-refractivity contribution in [3.63, 3.8) is 0 Å². The molecule has 0 aliphatic heterocycles. The van der Waals surface area contributed by atoms with Crippen molar-refractivity contribution in [2.24, 2.45) is 0 Å². The lowest BCUT2D eigenvalue weighted by atomic mass is 10.1. The number of alkyl halides is 3. The van der Waals surface area contributed by atoms with Crippen molar-refractivity contribution >= 4 is 0 Å². The van der Waals surface area contributed by atoms with Gasteiger partial charge in [0.15, 0.2) is 0 Å². The monoisotopic (exact) mass is 254 g/mol. The van der Waals surface area contributed by atoms with Gasteiger partial charge < -0.3 is 5.32 Å². The lowest BCUT2D eigenvalue weighted by molar-refractivity contribution is -0.151. The molecule has 0 amide bonds. The third kappa shape index (κ3) is 6.88. The Hall–Kier alpha value is -0.290. The van der Waals surface area contributed by atoms with Gasteiger partial charge in [0, 0.05) is 12.1 Å². The summed E-state index contributed by atoms with van der Waals surface area (Å²) in [6.07, 6.45) is -2.54. The standard InChI is InChI=1S/C12H25F3N2/c1-5-8-17(9-12(13,14)15)10(4)11(6-2)16-7-3/h10-11,16H,5-9H2,1-4H3. The molecule has 0 aliphatic rings. The maximum Gasteiger partial charge on any atom is 0.401 e. The first-order valence-electron chi connectivity index (χ1n) is 6.39. The average molecular weight is 254 g/mol. The summed E-state index contributed by atoms with van der Waals surface area (Å²) in [4.78, 5) is 1.52. The van der Waals surface area contributed by atoms with Crippen molar-refractivity contribution in [1.82, 2.24) is 10.2 Å². The lowest BCUT2D eigenvalue weighted by Crippen LogP contribution is -2.51. The predicted octanol–water partition coefficient (Wildman–Crippen LogP) is 3.04. The van der Waals surface area contributed by atoms with Gasteiger partial charge in [-0.15, -0.1) is 0 Å². The van der Waals surface area contributed by atoms with Crippen molar-refractivity contribution in [2.45, 2.75) is 58.8 Å². The molecule has 0 heterocycles. The van der Waals surface area contributed by atoms with Gasteiger partial charge in [0.2, 0.25) is 0 Å². The second kappa shape index (κ2) is 7.93. The number of nitrogens with one attached hydrogen (secondary N) is 1. The Morgan fingerprint density at radius 1 is 1.18 bits per heavy atom. The molecule has 104 valence electrons. The summed E-state index contributed by atoms with van der Waals surface area (Å²) in [6.45, 7) is 8.22. The molecule has 0 aromatic heterocycles. The summed E-state index contributed by atoms with van der Waals surface area (Å²) in [7, 11) is 0. The first-order valence-corrected chi connectivity index (χ1v) is 6.39. The van der Waals surface area contributed by atoms with Crippen LogP contribution in [0, 0.1) is 0 Å². The van der Waals surface area contributed by atoms with Gasteiger partial charge in [0.05, 0.1) is 6.54 Å². The van der Waals surface area contributed by atoms with Gasteiger partial charge >= 0.3 is 6.18 Å². The molecule has 0 fully saturated rings. The van der Waals surface area contributed by atoms with Crippen molar-refractivity contribution in [2.75, 3.05) is 19.6 Å². The molecule has 0 saturated carbocycles. The molecule has 2 atom stereocenters. The maximum atomic E-state index is 12.5. The van der Waals surface area contributed by atoms with Crippen LogP contribution < -0.4 is 5.32 Å². The van der Waals surface area contributed by atoms with Gasteiger partial charge in [0.25, 0.3) is 0 Å². The molecule has 0 saturated heterocycles. The van der Waals surface area contributed by atoms with E-state index in [4.69, 9.17) is 0 Å². The Kier molecular flexibility index (Phi) is 7.79. The lowest BCUT2D eigenvalue weighted by Gasteiger charge is -2.35. The number of hydrogen-bond acceptors (Lipinski definition) is 2. The van der Waals surface area contributed by atoms with Gasteiger partial charge in [-0.3, -0.25) is 4.90 Å². The zero-order chi connectivity index (χ0) is 13.5. The zero-order valence-corrected chi connectivity index (χ0v) is 11.3.